The Morgan fingerprint density at radius 2 is 1.74 bits per heavy atom. The number of ether oxygens (including phenoxy) is 1. The Labute approximate surface area is 116 Å². The maximum Gasteiger partial charge on any atom is 0.331 e. The molecule has 1 aromatic carbocycles. The van der Waals surface area contributed by atoms with Crippen molar-refractivity contribution in [3.63, 3.8) is 0 Å². The van der Waals surface area contributed by atoms with Crippen LogP contribution < -0.4 is 5.73 Å². The molecule has 0 amide bonds. The minimum atomic E-state index is -1.08. The molecule has 3 nitrogen and oxygen atoms in total. The monoisotopic (exact) mass is 263 g/mol. The van der Waals surface area contributed by atoms with E-state index in [9.17, 15) is 4.79 Å². The Balaban J connectivity index is 3.10. The predicted octanol–water partition coefficient (Wildman–Crippen LogP) is 3.23. The molecule has 19 heavy (non-hydrogen) atoms. The summed E-state index contributed by atoms with van der Waals surface area (Å²) in [5, 5.41) is 0. The number of esters is 1. The number of hydrogen-bond donors (Lipinski definition) is 1. The van der Waals surface area contributed by atoms with Crippen molar-refractivity contribution in [2.45, 2.75) is 52.2 Å². The lowest BCUT2D eigenvalue weighted by Crippen LogP contribution is -2.49. The third-order valence-corrected chi connectivity index (χ3v) is 2.78. The van der Waals surface area contributed by atoms with Gasteiger partial charge in [0.25, 0.3) is 0 Å². The fourth-order valence-corrected chi connectivity index (χ4v) is 2.07. The number of benzene rings is 1. The topological polar surface area (TPSA) is 52.3 Å². The molecule has 0 aliphatic heterocycles. The van der Waals surface area contributed by atoms with Gasteiger partial charge in [-0.2, -0.15) is 0 Å². The molecule has 1 rings (SSSR count). The summed E-state index contributed by atoms with van der Waals surface area (Å²) in [7, 11) is 0. The lowest BCUT2D eigenvalue weighted by Gasteiger charge is -2.32. The van der Waals surface area contributed by atoms with E-state index in [2.05, 4.69) is 13.8 Å². The molecule has 0 radical (unpaired) electrons. The van der Waals surface area contributed by atoms with Crippen LogP contribution in [0.25, 0.3) is 0 Å². The number of hydrogen-bond acceptors (Lipinski definition) is 3. The van der Waals surface area contributed by atoms with Crippen LogP contribution in [0.5, 0.6) is 0 Å². The molecular formula is C16H25NO2. The third kappa shape index (κ3) is 4.35. The summed E-state index contributed by atoms with van der Waals surface area (Å²) >= 11 is 0. The van der Waals surface area contributed by atoms with Crippen molar-refractivity contribution in [3.05, 3.63) is 35.9 Å². The first kappa shape index (κ1) is 15.7. The molecule has 0 bridgehead atoms. The highest BCUT2D eigenvalue weighted by Gasteiger charge is 2.40. The van der Waals surface area contributed by atoms with Gasteiger partial charge in [0.2, 0.25) is 0 Å². The zero-order chi connectivity index (χ0) is 14.7. The molecule has 0 fully saturated rings. The molecule has 1 atom stereocenters. The highest BCUT2D eigenvalue weighted by atomic mass is 16.6. The molecule has 0 aliphatic rings. The first-order valence-electron chi connectivity index (χ1n) is 6.73. The number of carbonyl (C=O) groups is 1. The van der Waals surface area contributed by atoms with Gasteiger partial charge in [0.15, 0.2) is 0 Å². The molecule has 0 saturated carbocycles. The van der Waals surface area contributed by atoms with Crippen LogP contribution in [0.1, 0.15) is 46.6 Å². The molecular weight excluding hydrogens is 238 g/mol. The van der Waals surface area contributed by atoms with Crippen molar-refractivity contribution in [1.82, 2.24) is 0 Å². The lowest BCUT2D eigenvalue weighted by atomic mass is 9.83. The number of nitrogens with two attached hydrogens (primary N) is 1. The van der Waals surface area contributed by atoms with E-state index in [1.54, 1.807) is 0 Å². The van der Waals surface area contributed by atoms with Crippen molar-refractivity contribution in [1.29, 1.82) is 0 Å². The van der Waals surface area contributed by atoms with Crippen LogP contribution in [-0.2, 0) is 15.1 Å². The Bertz CT molecular complexity index is 420. The van der Waals surface area contributed by atoms with Gasteiger partial charge in [-0.05, 0) is 38.7 Å². The average Bonchev–Trinajstić information content (AvgIpc) is 2.26. The summed E-state index contributed by atoms with van der Waals surface area (Å²) in [4.78, 5) is 12.5. The summed E-state index contributed by atoms with van der Waals surface area (Å²) in [6.45, 7) is 9.66. The maximum atomic E-state index is 12.5. The van der Waals surface area contributed by atoms with E-state index in [0.717, 1.165) is 5.56 Å². The summed E-state index contributed by atoms with van der Waals surface area (Å²) in [5.41, 5.74) is 5.59. The van der Waals surface area contributed by atoms with Gasteiger partial charge in [0.1, 0.15) is 11.1 Å². The van der Waals surface area contributed by atoms with Gasteiger partial charge in [-0.15, -0.1) is 0 Å². The van der Waals surface area contributed by atoms with Crippen LogP contribution in [0, 0.1) is 5.92 Å². The Kier molecular flexibility index (Phi) is 4.75. The minimum Gasteiger partial charge on any atom is -0.458 e. The third-order valence-electron chi connectivity index (χ3n) is 2.78. The lowest BCUT2D eigenvalue weighted by molar-refractivity contribution is -0.163. The molecule has 0 aromatic heterocycles. The zero-order valence-electron chi connectivity index (χ0n) is 12.6. The largest absolute Gasteiger partial charge is 0.458 e. The molecule has 0 heterocycles. The SMILES string of the molecule is CC(C)C[C@@](N)(C(=O)OC(C)(C)C)c1ccccc1. The van der Waals surface area contributed by atoms with Crippen LogP contribution in [0.3, 0.4) is 0 Å². The molecule has 106 valence electrons. The predicted molar refractivity (Wildman–Crippen MR) is 77.6 cm³/mol. The van der Waals surface area contributed by atoms with Crippen LogP contribution in [-0.4, -0.2) is 11.6 Å². The molecule has 0 saturated heterocycles. The second-order valence-corrected chi connectivity index (χ2v) is 6.44. The highest BCUT2D eigenvalue weighted by molar-refractivity contribution is 5.82. The van der Waals surface area contributed by atoms with Gasteiger partial charge in [0.05, 0.1) is 0 Å². The van der Waals surface area contributed by atoms with E-state index < -0.39 is 11.1 Å². The molecule has 0 spiro atoms. The van der Waals surface area contributed by atoms with Crippen LogP contribution in [0.2, 0.25) is 0 Å². The Morgan fingerprint density at radius 3 is 2.16 bits per heavy atom. The summed E-state index contributed by atoms with van der Waals surface area (Å²) in [6, 6.07) is 9.45. The van der Waals surface area contributed by atoms with E-state index in [-0.39, 0.29) is 5.97 Å². The summed E-state index contributed by atoms with van der Waals surface area (Å²) < 4.78 is 5.49. The quantitative estimate of drug-likeness (QED) is 0.848. The maximum absolute atomic E-state index is 12.5. The summed E-state index contributed by atoms with van der Waals surface area (Å²) in [5.74, 6) is -0.0578. The van der Waals surface area contributed by atoms with E-state index in [1.165, 1.54) is 0 Å². The summed E-state index contributed by atoms with van der Waals surface area (Å²) in [6.07, 6.45) is 0.561. The Morgan fingerprint density at radius 1 is 1.21 bits per heavy atom. The van der Waals surface area contributed by atoms with Gasteiger partial charge in [0, 0.05) is 0 Å². The van der Waals surface area contributed by atoms with Crippen molar-refractivity contribution in [3.8, 4) is 0 Å². The highest BCUT2D eigenvalue weighted by Crippen LogP contribution is 2.29. The van der Waals surface area contributed by atoms with Gasteiger partial charge in [-0.1, -0.05) is 44.2 Å². The molecule has 0 aliphatic carbocycles. The zero-order valence-corrected chi connectivity index (χ0v) is 12.6. The Hall–Kier alpha value is -1.35. The van der Waals surface area contributed by atoms with Crippen molar-refractivity contribution >= 4 is 5.97 Å². The van der Waals surface area contributed by atoms with E-state index >= 15 is 0 Å². The van der Waals surface area contributed by atoms with E-state index in [4.69, 9.17) is 10.5 Å². The van der Waals surface area contributed by atoms with Crippen molar-refractivity contribution < 1.29 is 9.53 Å². The minimum absolute atomic E-state index is 0.303. The molecule has 3 heteroatoms. The fraction of sp³-hybridized carbons (Fsp3) is 0.562. The molecule has 0 unspecified atom stereocenters. The second-order valence-electron chi connectivity index (χ2n) is 6.44. The number of rotatable bonds is 4. The average molecular weight is 263 g/mol. The normalized spacial score (nSPS) is 15.1. The standard InChI is InChI=1S/C16H25NO2/c1-12(2)11-16(17,13-9-7-6-8-10-13)14(18)19-15(3,4)5/h6-10,12H,11,17H2,1-5H3/t16-/m0/s1. The van der Waals surface area contributed by atoms with E-state index in [0.29, 0.717) is 12.3 Å². The molecule has 1 aromatic rings. The smallest absolute Gasteiger partial charge is 0.331 e. The fourth-order valence-electron chi connectivity index (χ4n) is 2.07. The van der Waals surface area contributed by atoms with Crippen molar-refractivity contribution in [2.24, 2.45) is 11.7 Å². The van der Waals surface area contributed by atoms with Crippen LogP contribution in [0.4, 0.5) is 0 Å². The van der Waals surface area contributed by atoms with Crippen LogP contribution >= 0.6 is 0 Å². The first-order valence-corrected chi connectivity index (χ1v) is 6.73. The number of carbonyl (C=O) groups excluding carboxylic acids is 1. The van der Waals surface area contributed by atoms with Gasteiger partial charge in [-0.3, -0.25) is 0 Å². The van der Waals surface area contributed by atoms with Crippen molar-refractivity contribution in [2.75, 3.05) is 0 Å². The van der Waals surface area contributed by atoms with Crippen LogP contribution in [0.15, 0.2) is 30.3 Å². The molecule has 2 N–H and O–H groups in total. The van der Waals surface area contributed by atoms with Gasteiger partial charge in [-0.25, -0.2) is 4.79 Å². The van der Waals surface area contributed by atoms with Gasteiger partial charge >= 0.3 is 5.97 Å². The first-order chi connectivity index (χ1) is 8.65. The second kappa shape index (κ2) is 5.74. The van der Waals surface area contributed by atoms with Gasteiger partial charge < -0.3 is 10.5 Å². The van der Waals surface area contributed by atoms with E-state index in [1.807, 2.05) is 51.1 Å².